The summed E-state index contributed by atoms with van der Waals surface area (Å²) in [6.45, 7) is 8.33. The van der Waals surface area contributed by atoms with Crippen molar-refractivity contribution in [2.75, 3.05) is 51.4 Å². The first kappa shape index (κ1) is 32.7. The second kappa shape index (κ2) is 15.6. The molecular weight excluding hydrogens is 636 g/mol. The van der Waals surface area contributed by atoms with Crippen molar-refractivity contribution in [2.45, 2.75) is 70.2 Å². The topological polar surface area (TPSA) is 139 Å². The van der Waals surface area contributed by atoms with Gasteiger partial charge in [0.15, 0.2) is 0 Å². The van der Waals surface area contributed by atoms with E-state index in [4.69, 9.17) is 35.6 Å². The van der Waals surface area contributed by atoms with Crippen LogP contribution in [0.5, 0.6) is 11.6 Å². The van der Waals surface area contributed by atoms with E-state index in [1.807, 2.05) is 25.1 Å². The first-order valence-electron chi connectivity index (χ1n) is 17.0. The second-order valence-electron chi connectivity index (χ2n) is 12.8. The zero-order valence-corrected chi connectivity index (χ0v) is 28.0. The molecule has 1 aromatic carbocycles. The number of nitrogens with zero attached hydrogens (tertiary/aromatic N) is 9. The zero-order valence-electron chi connectivity index (χ0n) is 27.3. The Labute approximate surface area is 285 Å². The van der Waals surface area contributed by atoms with Crippen molar-refractivity contribution in [3.63, 3.8) is 0 Å². The Bertz CT molecular complexity index is 1580. The average molecular weight is 679 g/mol. The number of benzene rings is 1. The lowest BCUT2D eigenvalue weighted by atomic mass is 9.90. The average Bonchev–Trinajstić information content (AvgIpc) is 3.79. The smallest absolute Gasteiger partial charge is 0.256 e. The number of ether oxygens (including phenoxy) is 4. The van der Waals surface area contributed by atoms with Crippen LogP contribution >= 0.6 is 11.6 Å². The lowest BCUT2D eigenvalue weighted by molar-refractivity contribution is 0.00501. The van der Waals surface area contributed by atoms with Crippen molar-refractivity contribution in [3.05, 3.63) is 48.1 Å². The summed E-state index contributed by atoms with van der Waals surface area (Å²) in [6.07, 6.45) is 13.4. The molecule has 7 rings (SSSR count). The molecule has 0 unspecified atom stereocenters. The molecule has 1 N–H and O–H groups in total. The Kier molecular flexibility index (Phi) is 10.6. The first-order chi connectivity index (χ1) is 23.6. The molecule has 14 nitrogen and oxygen atoms in total. The lowest BCUT2D eigenvalue weighted by Gasteiger charge is -2.38. The van der Waals surface area contributed by atoms with Gasteiger partial charge in [0.2, 0.25) is 5.95 Å². The van der Waals surface area contributed by atoms with Gasteiger partial charge in [-0.25, -0.2) is 14.6 Å². The molecule has 0 spiro atoms. The van der Waals surface area contributed by atoms with Crippen molar-refractivity contribution in [1.82, 2.24) is 44.9 Å². The fraction of sp³-hybridized carbons (Fsp3) is 0.576. The number of hydrogen-bond donors (Lipinski definition) is 1. The Morgan fingerprint density at radius 1 is 0.958 bits per heavy atom. The quantitative estimate of drug-likeness (QED) is 0.220. The molecule has 0 amide bonds. The summed E-state index contributed by atoms with van der Waals surface area (Å²) in [7, 11) is 0. The number of anilines is 2. The van der Waals surface area contributed by atoms with Crippen LogP contribution in [0.25, 0.3) is 11.1 Å². The van der Waals surface area contributed by atoms with Gasteiger partial charge in [-0.1, -0.05) is 17.7 Å². The molecule has 4 aromatic rings. The fourth-order valence-electron chi connectivity index (χ4n) is 6.71. The van der Waals surface area contributed by atoms with Gasteiger partial charge in [-0.15, -0.1) is 10.2 Å². The Balaban J connectivity index is 1.03. The number of aromatic nitrogens is 8. The Morgan fingerprint density at radius 2 is 1.71 bits per heavy atom. The van der Waals surface area contributed by atoms with Gasteiger partial charge in [0.25, 0.3) is 5.88 Å². The molecule has 2 aliphatic heterocycles. The van der Waals surface area contributed by atoms with Crippen molar-refractivity contribution < 1.29 is 18.9 Å². The van der Waals surface area contributed by atoms with Crippen molar-refractivity contribution in [3.8, 4) is 22.8 Å². The summed E-state index contributed by atoms with van der Waals surface area (Å²) in [5, 5.41) is 20.1. The SMILES string of the molecule is C[C@@H](Cn1cnnn1)Oc1cc(-c2cnc(Nc3cn([C@H]4CC[C@H](N5CCOCC5)CC4)nc3OCC3CCOCC3)nc2)ccc1Cl. The summed E-state index contributed by atoms with van der Waals surface area (Å²) >= 11 is 6.47. The van der Waals surface area contributed by atoms with E-state index in [-0.39, 0.29) is 6.10 Å². The van der Waals surface area contributed by atoms with E-state index in [1.54, 1.807) is 23.4 Å². The van der Waals surface area contributed by atoms with Crippen molar-refractivity contribution in [2.24, 2.45) is 5.92 Å². The molecule has 1 saturated carbocycles. The summed E-state index contributed by atoms with van der Waals surface area (Å²) in [5.74, 6) is 2.06. The predicted molar refractivity (Wildman–Crippen MR) is 179 cm³/mol. The maximum atomic E-state index is 6.47. The van der Waals surface area contributed by atoms with Crippen LogP contribution in [0.2, 0.25) is 5.02 Å². The molecule has 0 bridgehead atoms. The number of rotatable bonds is 12. The van der Waals surface area contributed by atoms with Crippen molar-refractivity contribution >= 4 is 23.2 Å². The minimum Gasteiger partial charge on any atom is -0.487 e. The highest BCUT2D eigenvalue weighted by atomic mass is 35.5. The highest BCUT2D eigenvalue weighted by Gasteiger charge is 2.29. The number of tetrazole rings is 1. The monoisotopic (exact) mass is 678 g/mol. The Hall–Kier alpha value is -3.85. The largest absolute Gasteiger partial charge is 0.487 e. The first-order valence-corrected chi connectivity index (χ1v) is 17.3. The van der Waals surface area contributed by atoms with E-state index in [2.05, 4.69) is 46.6 Å². The molecule has 0 radical (unpaired) electrons. The van der Waals surface area contributed by atoms with Gasteiger partial charge in [-0.3, -0.25) is 9.58 Å². The summed E-state index contributed by atoms with van der Waals surface area (Å²) in [6, 6.07) is 6.58. The van der Waals surface area contributed by atoms with Crippen LogP contribution in [0.1, 0.15) is 51.5 Å². The van der Waals surface area contributed by atoms with Crippen LogP contribution in [0.3, 0.4) is 0 Å². The molecule has 256 valence electrons. The molecule has 15 heteroatoms. The van der Waals surface area contributed by atoms with Gasteiger partial charge in [0.1, 0.15) is 23.9 Å². The predicted octanol–water partition coefficient (Wildman–Crippen LogP) is 4.81. The van der Waals surface area contributed by atoms with E-state index >= 15 is 0 Å². The van der Waals surface area contributed by atoms with E-state index < -0.39 is 0 Å². The summed E-state index contributed by atoms with van der Waals surface area (Å²) in [4.78, 5) is 11.9. The van der Waals surface area contributed by atoms with Gasteiger partial charge in [-0.05, 0) is 79.5 Å². The number of nitrogens with one attached hydrogen (secondary N) is 1. The number of hydrogen-bond acceptors (Lipinski definition) is 12. The number of morpholine rings is 1. The summed E-state index contributed by atoms with van der Waals surface area (Å²) < 4.78 is 27.3. The molecule has 1 atom stereocenters. The third-order valence-corrected chi connectivity index (χ3v) is 9.74. The minimum absolute atomic E-state index is 0.201. The summed E-state index contributed by atoms with van der Waals surface area (Å²) in [5.41, 5.74) is 2.49. The van der Waals surface area contributed by atoms with Gasteiger partial charge < -0.3 is 24.3 Å². The Morgan fingerprint density at radius 3 is 2.46 bits per heavy atom. The maximum absolute atomic E-state index is 6.47. The van der Waals surface area contributed by atoms with Crippen LogP contribution in [-0.2, 0) is 16.0 Å². The van der Waals surface area contributed by atoms with Gasteiger partial charge >= 0.3 is 0 Å². The fourth-order valence-corrected chi connectivity index (χ4v) is 6.87. The van der Waals surface area contributed by atoms with E-state index in [1.165, 1.54) is 0 Å². The van der Waals surface area contributed by atoms with Crippen LogP contribution in [0, 0.1) is 5.92 Å². The highest BCUT2D eigenvalue weighted by Crippen LogP contribution is 2.36. The van der Waals surface area contributed by atoms with E-state index in [0.717, 1.165) is 94.9 Å². The third-order valence-electron chi connectivity index (χ3n) is 9.42. The van der Waals surface area contributed by atoms with Gasteiger partial charge in [0, 0.05) is 50.3 Å². The molecule has 3 aliphatic rings. The molecule has 3 fully saturated rings. The molecule has 5 heterocycles. The normalized spacial score (nSPS) is 21.5. The van der Waals surface area contributed by atoms with E-state index in [9.17, 15) is 0 Å². The van der Waals surface area contributed by atoms with Gasteiger partial charge in [0.05, 0.1) is 43.6 Å². The molecule has 1 aliphatic carbocycles. The van der Waals surface area contributed by atoms with Crippen LogP contribution in [0.15, 0.2) is 43.1 Å². The standard InChI is InChI=1S/C33H43ClN10O4/c1-23(19-43-22-37-40-41-43)48-31-16-25(2-7-29(31)34)26-17-35-33(36-18-26)38-30-20-44(39-32(30)47-21-24-8-12-45-13-9-24)28-5-3-27(4-6-28)42-10-14-46-15-11-42/h2,7,16-18,20,22-24,27-28H,3-6,8-15,19,21H2,1H3,(H,35,36,38)/t23-,27-,28-/m0/s1. The highest BCUT2D eigenvalue weighted by molar-refractivity contribution is 6.32. The van der Waals surface area contributed by atoms with Crippen LogP contribution in [0.4, 0.5) is 11.6 Å². The number of halogens is 1. The third kappa shape index (κ3) is 8.23. The van der Waals surface area contributed by atoms with E-state index in [0.29, 0.717) is 53.8 Å². The zero-order chi connectivity index (χ0) is 32.7. The van der Waals surface area contributed by atoms with Gasteiger partial charge in [-0.2, -0.15) is 0 Å². The molecule has 2 saturated heterocycles. The second-order valence-corrected chi connectivity index (χ2v) is 13.2. The van der Waals surface area contributed by atoms with Crippen LogP contribution < -0.4 is 14.8 Å². The van der Waals surface area contributed by atoms with Crippen LogP contribution in [-0.4, -0.2) is 103 Å². The van der Waals surface area contributed by atoms with Crippen molar-refractivity contribution in [1.29, 1.82) is 0 Å². The molecular formula is C33H43ClN10O4. The molecule has 48 heavy (non-hydrogen) atoms. The minimum atomic E-state index is -0.201. The molecule has 3 aromatic heterocycles. The lowest BCUT2D eigenvalue weighted by Crippen LogP contribution is -2.45. The maximum Gasteiger partial charge on any atom is 0.256 e.